The van der Waals surface area contributed by atoms with Gasteiger partial charge in [-0.05, 0) is 48.6 Å². The number of carbonyl (C=O) groups excluding carboxylic acids is 2. The van der Waals surface area contributed by atoms with Crippen LogP contribution in [0.5, 0.6) is 0 Å². The molecule has 1 atom stereocenters. The fourth-order valence-electron chi connectivity index (χ4n) is 5.03. The number of aliphatic hydroxyl groups excluding tert-OH is 1. The summed E-state index contributed by atoms with van der Waals surface area (Å²) in [6, 6.07) is 8.46. The molecular weight excluding hydrogens is 354 g/mol. The van der Waals surface area contributed by atoms with Crippen molar-refractivity contribution in [2.75, 3.05) is 26.2 Å². The van der Waals surface area contributed by atoms with Gasteiger partial charge >= 0.3 is 0 Å². The third kappa shape index (κ3) is 4.39. The van der Waals surface area contributed by atoms with Gasteiger partial charge in [0.15, 0.2) is 0 Å². The van der Waals surface area contributed by atoms with E-state index in [1.54, 1.807) is 0 Å². The zero-order valence-corrected chi connectivity index (χ0v) is 16.5. The molecule has 6 nitrogen and oxygen atoms in total. The molecule has 3 aliphatic rings. The minimum atomic E-state index is -0.555. The van der Waals surface area contributed by atoms with E-state index in [0.29, 0.717) is 19.5 Å². The summed E-state index contributed by atoms with van der Waals surface area (Å²) in [7, 11) is 0. The number of benzene rings is 1. The molecule has 2 amide bonds. The fraction of sp³-hybridized carbons (Fsp3) is 0.636. The lowest BCUT2D eigenvalue weighted by molar-refractivity contribution is -0.127. The van der Waals surface area contributed by atoms with Crippen molar-refractivity contribution in [2.24, 2.45) is 11.3 Å². The van der Waals surface area contributed by atoms with Gasteiger partial charge in [0.05, 0.1) is 6.10 Å². The van der Waals surface area contributed by atoms with Crippen molar-refractivity contribution in [3.8, 4) is 0 Å². The first kappa shape index (κ1) is 19.4. The van der Waals surface area contributed by atoms with Crippen LogP contribution in [0.4, 0.5) is 0 Å². The average molecular weight is 386 g/mol. The number of aliphatic hydroxyl groups is 1. The lowest BCUT2D eigenvalue weighted by Crippen LogP contribution is -2.44. The number of carbonyl (C=O) groups is 2. The molecule has 1 aromatic carbocycles. The molecule has 1 spiro atoms. The molecule has 2 fully saturated rings. The molecule has 4 rings (SSSR count). The second-order valence-electron chi connectivity index (χ2n) is 8.88. The molecule has 2 heterocycles. The van der Waals surface area contributed by atoms with Crippen LogP contribution in [-0.2, 0) is 22.6 Å². The van der Waals surface area contributed by atoms with Crippen LogP contribution in [0.2, 0.25) is 0 Å². The third-order valence-electron chi connectivity index (χ3n) is 6.80. The summed E-state index contributed by atoms with van der Waals surface area (Å²) >= 11 is 0. The lowest BCUT2D eigenvalue weighted by Gasteiger charge is -2.35. The number of nitrogens with one attached hydrogen (secondary N) is 2. The van der Waals surface area contributed by atoms with Crippen molar-refractivity contribution >= 4 is 11.8 Å². The maximum absolute atomic E-state index is 12.5. The first-order valence-corrected chi connectivity index (χ1v) is 10.5. The van der Waals surface area contributed by atoms with Crippen molar-refractivity contribution in [2.45, 2.75) is 51.2 Å². The summed E-state index contributed by atoms with van der Waals surface area (Å²) in [4.78, 5) is 26.3. The second-order valence-corrected chi connectivity index (χ2v) is 8.88. The fourth-order valence-corrected chi connectivity index (χ4v) is 5.03. The number of amides is 2. The predicted molar refractivity (Wildman–Crippen MR) is 106 cm³/mol. The summed E-state index contributed by atoms with van der Waals surface area (Å²) < 4.78 is 0. The highest BCUT2D eigenvalue weighted by Crippen LogP contribution is 2.43. The molecule has 0 bridgehead atoms. The van der Waals surface area contributed by atoms with Gasteiger partial charge in [-0.2, -0.15) is 0 Å². The molecule has 2 aliphatic heterocycles. The van der Waals surface area contributed by atoms with E-state index in [0.717, 1.165) is 51.7 Å². The normalized spacial score (nSPS) is 28.6. The average Bonchev–Trinajstić information content (AvgIpc) is 3.06. The number of rotatable bonds is 5. The van der Waals surface area contributed by atoms with Crippen LogP contribution in [0, 0.1) is 11.3 Å². The molecule has 152 valence electrons. The molecule has 0 radical (unpaired) electrons. The van der Waals surface area contributed by atoms with E-state index < -0.39 is 6.10 Å². The van der Waals surface area contributed by atoms with E-state index in [9.17, 15) is 14.7 Å². The van der Waals surface area contributed by atoms with E-state index in [4.69, 9.17) is 0 Å². The molecule has 3 N–H and O–H groups in total. The van der Waals surface area contributed by atoms with Gasteiger partial charge in [-0.3, -0.25) is 14.5 Å². The van der Waals surface area contributed by atoms with Gasteiger partial charge in [-0.25, -0.2) is 0 Å². The van der Waals surface area contributed by atoms with Gasteiger partial charge in [-0.15, -0.1) is 0 Å². The molecule has 0 aromatic heterocycles. The maximum Gasteiger partial charge on any atom is 0.223 e. The predicted octanol–water partition coefficient (Wildman–Crippen LogP) is 1.22. The quantitative estimate of drug-likeness (QED) is 0.712. The van der Waals surface area contributed by atoms with E-state index >= 15 is 0 Å². The standard InChI is InChI=1S/C22H31N3O3/c26-19(14-25-10-7-16-3-1-2-4-18(16)13-25)12-23-21(28)17-5-8-22(9-6-17)11-20(27)24-15-22/h1-4,17,19,26H,5-15H2,(H,23,28)(H,24,27). The van der Waals surface area contributed by atoms with Crippen LogP contribution < -0.4 is 10.6 Å². The van der Waals surface area contributed by atoms with Crippen LogP contribution in [0.1, 0.15) is 43.2 Å². The topological polar surface area (TPSA) is 81.7 Å². The largest absolute Gasteiger partial charge is 0.390 e. The zero-order valence-electron chi connectivity index (χ0n) is 16.5. The molecule has 28 heavy (non-hydrogen) atoms. The zero-order chi connectivity index (χ0) is 19.6. The smallest absolute Gasteiger partial charge is 0.223 e. The number of hydrogen-bond acceptors (Lipinski definition) is 4. The molecule has 6 heteroatoms. The van der Waals surface area contributed by atoms with Crippen molar-refractivity contribution in [3.63, 3.8) is 0 Å². The summed E-state index contributed by atoms with van der Waals surface area (Å²) in [5, 5.41) is 16.3. The maximum atomic E-state index is 12.5. The van der Waals surface area contributed by atoms with E-state index in [-0.39, 0.29) is 23.1 Å². The SMILES string of the molecule is O=C1CC2(CCC(C(=O)NCC(O)CN3CCc4ccccc4C3)CC2)CN1. The van der Waals surface area contributed by atoms with Gasteiger partial charge in [0.25, 0.3) is 0 Å². The van der Waals surface area contributed by atoms with Crippen molar-refractivity contribution < 1.29 is 14.7 Å². The Morgan fingerprint density at radius 1 is 1.29 bits per heavy atom. The molecule has 1 saturated heterocycles. The van der Waals surface area contributed by atoms with Crippen LogP contribution in [-0.4, -0.2) is 54.1 Å². The van der Waals surface area contributed by atoms with Gasteiger partial charge in [-0.1, -0.05) is 24.3 Å². The van der Waals surface area contributed by atoms with Gasteiger partial charge in [0.1, 0.15) is 0 Å². The summed E-state index contributed by atoms with van der Waals surface area (Å²) in [6.45, 7) is 3.45. The van der Waals surface area contributed by atoms with Crippen LogP contribution >= 0.6 is 0 Å². The summed E-state index contributed by atoms with van der Waals surface area (Å²) in [5.41, 5.74) is 2.81. The van der Waals surface area contributed by atoms with Gasteiger partial charge in [0.2, 0.25) is 11.8 Å². The Labute approximate surface area is 166 Å². The Morgan fingerprint density at radius 2 is 2.04 bits per heavy atom. The van der Waals surface area contributed by atoms with Crippen molar-refractivity contribution in [1.29, 1.82) is 0 Å². The first-order chi connectivity index (χ1) is 13.5. The first-order valence-electron chi connectivity index (χ1n) is 10.5. The van der Waals surface area contributed by atoms with Crippen LogP contribution in [0.15, 0.2) is 24.3 Å². The number of hydrogen-bond donors (Lipinski definition) is 3. The van der Waals surface area contributed by atoms with Crippen LogP contribution in [0.3, 0.4) is 0 Å². The summed E-state index contributed by atoms with van der Waals surface area (Å²) in [5.74, 6) is 0.205. The Morgan fingerprint density at radius 3 is 2.75 bits per heavy atom. The van der Waals surface area contributed by atoms with Crippen molar-refractivity contribution in [3.05, 3.63) is 35.4 Å². The minimum Gasteiger partial charge on any atom is -0.390 e. The Bertz CT molecular complexity index is 727. The number of fused-ring (bicyclic) bond motifs is 1. The van der Waals surface area contributed by atoms with E-state index in [1.165, 1.54) is 11.1 Å². The molecule has 1 saturated carbocycles. The molecular formula is C22H31N3O3. The minimum absolute atomic E-state index is 0.00962. The highest BCUT2D eigenvalue weighted by molar-refractivity contribution is 5.80. The molecule has 1 aromatic rings. The monoisotopic (exact) mass is 385 g/mol. The number of β-amino-alcohol motifs (C(OH)–C–C–N with tert-alkyl or cyclic N) is 1. The van der Waals surface area contributed by atoms with Crippen LogP contribution in [0.25, 0.3) is 0 Å². The third-order valence-corrected chi connectivity index (χ3v) is 6.80. The van der Waals surface area contributed by atoms with E-state index in [2.05, 4.69) is 39.8 Å². The Kier molecular flexibility index (Phi) is 5.69. The van der Waals surface area contributed by atoms with Gasteiger partial charge < -0.3 is 15.7 Å². The highest BCUT2D eigenvalue weighted by Gasteiger charge is 2.42. The van der Waals surface area contributed by atoms with Crippen molar-refractivity contribution in [1.82, 2.24) is 15.5 Å². The molecule has 1 unspecified atom stereocenters. The van der Waals surface area contributed by atoms with Gasteiger partial charge in [0, 0.05) is 45.1 Å². The second kappa shape index (κ2) is 8.21. The highest BCUT2D eigenvalue weighted by atomic mass is 16.3. The molecule has 1 aliphatic carbocycles. The Balaban J connectivity index is 1.19. The summed E-state index contributed by atoms with van der Waals surface area (Å²) in [6.07, 6.45) is 4.59. The number of nitrogens with zero attached hydrogens (tertiary/aromatic N) is 1. The van der Waals surface area contributed by atoms with E-state index in [1.807, 2.05) is 0 Å². The Hall–Kier alpha value is -1.92. The lowest BCUT2D eigenvalue weighted by atomic mass is 9.69.